The number of amides is 1. The van der Waals surface area contributed by atoms with Crippen molar-refractivity contribution in [2.24, 2.45) is 0 Å². The monoisotopic (exact) mass is 475 g/mol. The molecule has 1 saturated heterocycles. The van der Waals surface area contributed by atoms with Crippen LogP contribution < -0.4 is 9.47 Å². The van der Waals surface area contributed by atoms with Crippen LogP contribution in [0.2, 0.25) is 0 Å². The van der Waals surface area contributed by atoms with Gasteiger partial charge in [-0.15, -0.1) is 0 Å². The lowest BCUT2D eigenvalue weighted by molar-refractivity contribution is -0.139. The topological polar surface area (TPSA) is 93.9 Å². The second-order valence-corrected chi connectivity index (χ2v) is 8.27. The summed E-state index contributed by atoms with van der Waals surface area (Å²) in [7, 11) is 1.55. The van der Waals surface area contributed by atoms with Gasteiger partial charge in [-0.2, -0.15) is 0 Å². The van der Waals surface area contributed by atoms with Crippen LogP contribution in [-0.2, 0) is 16.1 Å². The molecule has 0 unspecified atom stereocenters. The molecule has 0 saturated carbocycles. The van der Waals surface area contributed by atoms with Crippen molar-refractivity contribution in [2.45, 2.75) is 32.4 Å². The number of aromatic nitrogens is 2. The number of hydrogen-bond donors (Lipinski definition) is 1. The van der Waals surface area contributed by atoms with Gasteiger partial charge in [0.1, 0.15) is 5.76 Å². The standard InChI is InChI=1S/C27H29N3O5/c1-3-16-35-21-11-10-20(17-22(21)34-2)24-23(25(31)19-8-5-4-6-9-19)26(32)27(33)30(24)14-7-13-29-15-12-28-18-29/h4-6,8-12,15,17-18,24,31H,3,7,13-14,16H2,1-2H3/t24-/m0/s1. The van der Waals surface area contributed by atoms with Gasteiger partial charge in [0.15, 0.2) is 11.5 Å². The molecule has 0 spiro atoms. The van der Waals surface area contributed by atoms with Crippen molar-refractivity contribution in [3.8, 4) is 11.5 Å². The van der Waals surface area contributed by atoms with E-state index in [4.69, 9.17) is 9.47 Å². The Kier molecular flexibility index (Phi) is 7.50. The molecule has 0 bridgehead atoms. The molecule has 1 aromatic heterocycles. The Labute approximate surface area is 204 Å². The second-order valence-electron chi connectivity index (χ2n) is 8.27. The van der Waals surface area contributed by atoms with Crippen LogP contribution in [0.3, 0.4) is 0 Å². The number of nitrogens with zero attached hydrogens (tertiary/aromatic N) is 3. The molecule has 2 heterocycles. The molecular weight excluding hydrogens is 446 g/mol. The predicted molar refractivity (Wildman–Crippen MR) is 131 cm³/mol. The highest BCUT2D eigenvalue weighted by Gasteiger charge is 2.46. The van der Waals surface area contributed by atoms with E-state index < -0.39 is 17.7 Å². The van der Waals surface area contributed by atoms with Gasteiger partial charge in [0.2, 0.25) is 0 Å². The minimum absolute atomic E-state index is 0.0631. The van der Waals surface area contributed by atoms with Gasteiger partial charge in [-0.1, -0.05) is 43.3 Å². The van der Waals surface area contributed by atoms with Gasteiger partial charge in [-0.05, 0) is 30.5 Å². The molecule has 1 fully saturated rings. The summed E-state index contributed by atoms with van der Waals surface area (Å²) in [6.45, 7) is 3.52. The summed E-state index contributed by atoms with van der Waals surface area (Å²) in [6, 6.07) is 13.4. The van der Waals surface area contributed by atoms with Gasteiger partial charge < -0.3 is 24.0 Å². The third-order valence-corrected chi connectivity index (χ3v) is 5.93. The predicted octanol–water partition coefficient (Wildman–Crippen LogP) is 4.19. The second kappa shape index (κ2) is 10.9. The van der Waals surface area contributed by atoms with Crippen LogP contribution in [0.1, 0.15) is 36.9 Å². The van der Waals surface area contributed by atoms with Crippen molar-refractivity contribution in [3.63, 3.8) is 0 Å². The summed E-state index contributed by atoms with van der Waals surface area (Å²) < 4.78 is 13.2. The Balaban J connectivity index is 1.74. The molecule has 0 radical (unpaired) electrons. The first kappa shape index (κ1) is 24.1. The maximum Gasteiger partial charge on any atom is 0.295 e. The molecule has 4 rings (SSSR count). The summed E-state index contributed by atoms with van der Waals surface area (Å²) >= 11 is 0. The molecule has 1 amide bonds. The number of aliphatic hydroxyl groups excluding tert-OH is 1. The van der Waals surface area contributed by atoms with E-state index in [-0.39, 0.29) is 11.3 Å². The summed E-state index contributed by atoms with van der Waals surface area (Å²) in [5.74, 6) is -0.457. The number of carbonyl (C=O) groups is 2. The van der Waals surface area contributed by atoms with E-state index in [9.17, 15) is 14.7 Å². The summed E-state index contributed by atoms with van der Waals surface area (Å²) in [6.07, 6.45) is 6.71. The van der Waals surface area contributed by atoms with E-state index in [0.29, 0.717) is 48.7 Å². The summed E-state index contributed by atoms with van der Waals surface area (Å²) in [4.78, 5) is 31.9. The van der Waals surface area contributed by atoms with Crippen molar-refractivity contribution in [2.75, 3.05) is 20.3 Å². The molecule has 8 heteroatoms. The number of imidazole rings is 1. The van der Waals surface area contributed by atoms with Gasteiger partial charge in [-0.3, -0.25) is 9.59 Å². The van der Waals surface area contributed by atoms with Crippen molar-refractivity contribution < 1.29 is 24.2 Å². The van der Waals surface area contributed by atoms with Gasteiger partial charge >= 0.3 is 0 Å². The first-order chi connectivity index (χ1) is 17.0. The van der Waals surface area contributed by atoms with Gasteiger partial charge in [0.25, 0.3) is 11.7 Å². The molecule has 8 nitrogen and oxygen atoms in total. The lowest BCUT2D eigenvalue weighted by Gasteiger charge is -2.26. The maximum atomic E-state index is 13.2. The number of rotatable bonds is 10. The minimum Gasteiger partial charge on any atom is -0.507 e. The van der Waals surface area contributed by atoms with Crippen LogP contribution >= 0.6 is 0 Å². The number of benzene rings is 2. The number of aryl methyl sites for hydroxylation is 1. The first-order valence-electron chi connectivity index (χ1n) is 11.7. The third-order valence-electron chi connectivity index (χ3n) is 5.93. The van der Waals surface area contributed by atoms with Crippen LogP contribution in [0.4, 0.5) is 0 Å². The van der Waals surface area contributed by atoms with Crippen LogP contribution in [-0.4, -0.2) is 51.5 Å². The number of ether oxygens (including phenoxy) is 2. The first-order valence-corrected chi connectivity index (χ1v) is 11.7. The Morgan fingerprint density at radius 1 is 1.09 bits per heavy atom. The molecule has 182 valence electrons. The van der Waals surface area contributed by atoms with Crippen LogP contribution in [0.5, 0.6) is 11.5 Å². The lowest BCUT2D eigenvalue weighted by atomic mass is 9.95. The quantitative estimate of drug-likeness (QED) is 0.268. The van der Waals surface area contributed by atoms with Gasteiger partial charge in [0, 0.05) is 31.0 Å². The number of ketones is 1. The third kappa shape index (κ3) is 5.06. The fourth-order valence-electron chi connectivity index (χ4n) is 4.24. The number of likely N-dealkylation sites (tertiary alicyclic amines) is 1. The van der Waals surface area contributed by atoms with E-state index in [2.05, 4.69) is 4.98 Å². The number of Topliss-reactive ketones (excluding diaryl/α,β-unsaturated/α-hetero) is 1. The zero-order valence-electron chi connectivity index (χ0n) is 19.9. The Hall–Kier alpha value is -4.07. The molecule has 2 aromatic carbocycles. The van der Waals surface area contributed by atoms with E-state index >= 15 is 0 Å². The Bertz CT molecular complexity index is 1200. The molecule has 3 aromatic rings. The summed E-state index contributed by atoms with van der Waals surface area (Å²) in [5, 5.41) is 11.1. The molecule has 1 aliphatic rings. The molecule has 1 N–H and O–H groups in total. The largest absolute Gasteiger partial charge is 0.507 e. The smallest absolute Gasteiger partial charge is 0.295 e. The number of hydrogen-bond acceptors (Lipinski definition) is 6. The zero-order valence-corrected chi connectivity index (χ0v) is 19.9. The molecule has 0 aliphatic carbocycles. The minimum atomic E-state index is -0.757. The lowest BCUT2D eigenvalue weighted by Crippen LogP contribution is -2.31. The summed E-state index contributed by atoms with van der Waals surface area (Å²) in [5.41, 5.74) is 1.20. The number of methoxy groups -OCH3 is 1. The molecule has 1 aliphatic heterocycles. The van der Waals surface area contributed by atoms with Crippen LogP contribution in [0.15, 0.2) is 72.8 Å². The molecule has 1 atom stereocenters. The van der Waals surface area contributed by atoms with E-state index in [1.807, 2.05) is 29.8 Å². The maximum absolute atomic E-state index is 13.2. The fourth-order valence-corrected chi connectivity index (χ4v) is 4.24. The Morgan fingerprint density at radius 3 is 2.57 bits per heavy atom. The SMILES string of the molecule is CCCOc1ccc([C@H]2C(=C(O)c3ccccc3)C(=O)C(=O)N2CCCn2ccnc2)cc1OC. The van der Waals surface area contributed by atoms with Crippen LogP contribution in [0.25, 0.3) is 5.76 Å². The van der Waals surface area contributed by atoms with E-state index in [1.165, 1.54) is 4.90 Å². The van der Waals surface area contributed by atoms with Crippen LogP contribution in [0, 0.1) is 0 Å². The number of carbonyl (C=O) groups excluding carboxylic acids is 2. The normalized spacial score (nSPS) is 17.1. The highest BCUT2D eigenvalue weighted by Crippen LogP contribution is 2.42. The zero-order chi connectivity index (χ0) is 24.8. The average molecular weight is 476 g/mol. The van der Waals surface area contributed by atoms with Crippen molar-refractivity contribution in [1.29, 1.82) is 0 Å². The number of aliphatic hydroxyl groups is 1. The van der Waals surface area contributed by atoms with Crippen molar-refractivity contribution >= 4 is 17.4 Å². The van der Waals surface area contributed by atoms with Gasteiger partial charge in [-0.25, -0.2) is 4.98 Å². The fraction of sp³-hybridized carbons (Fsp3) is 0.296. The highest BCUT2D eigenvalue weighted by molar-refractivity contribution is 6.46. The van der Waals surface area contributed by atoms with E-state index in [0.717, 1.165) is 6.42 Å². The van der Waals surface area contributed by atoms with Crippen molar-refractivity contribution in [3.05, 3.63) is 84.0 Å². The van der Waals surface area contributed by atoms with E-state index in [1.54, 1.807) is 56.0 Å². The van der Waals surface area contributed by atoms with Crippen molar-refractivity contribution in [1.82, 2.24) is 14.5 Å². The Morgan fingerprint density at radius 2 is 1.89 bits per heavy atom. The molecule has 35 heavy (non-hydrogen) atoms. The van der Waals surface area contributed by atoms with Gasteiger partial charge in [0.05, 0.1) is 31.7 Å². The average Bonchev–Trinajstić information content (AvgIpc) is 3.50. The highest BCUT2D eigenvalue weighted by atomic mass is 16.5. The molecular formula is C27H29N3O5.